The van der Waals surface area contributed by atoms with E-state index in [-0.39, 0.29) is 35.5 Å². The average molecular weight is 390 g/mol. The van der Waals surface area contributed by atoms with E-state index in [0.29, 0.717) is 31.6 Å². The van der Waals surface area contributed by atoms with Crippen LogP contribution < -0.4 is 4.74 Å². The number of Topliss-reactive ketones (excluding diaryl/α,β-unsaturated/α-hetero) is 1. The third-order valence-corrected chi connectivity index (χ3v) is 6.00. The normalized spacial score (nSPS) is 33.5. The summed E-state index contributed by atoms with van der Waals surface area (Å²) in [5.74, 6) is -1.72. The Bertz CT molecular complexity index is 772. The van der Waals surface area contributed by atoms with Gasteiger partial charge in [0.2, 0.25) is 0 Å². The minimum Gasteiger partial charge on any atom is -0.490 e. The molecule has 28 heavy (non-hydrogen) atoms. The Labute approximate surface area is 163 Å². The van der Waals surface area contributed by atoms with Crippen molar-refractivity contribution in [3.05, 3.63) is 29.3 Å². The van der Waals surface area contributed by atoms with E-state index in [1.807, 2.05) is 0 Å². The van der Waals surface area contributed by atoms with E-state index in [4.69, 9.17) is 9.47 Å². The molecule has 0 amide bonds. The number of carbonyl (C=O) groups is 2. The van der Waals surface area contributed by atoms with Crippen LogP contribution in [0.15, 0.2) is 18.2 Å². The first kappa shape index (κ1) is 19.4. The quantitative estimate of drug-likeness (QED) is 0.703. The van der Waals surface area contributed by atoms with E-state index in [0.717, 1.165) is 19.3 Å². The summed E-state index contributed by atoms with van der Waals surface area (Å²) in [5.41, 5.74) is -1.45. The molecule has 1 aromatic rings. The third kappa shape index (κ3) is 3.66. The number of aromatic carboxylic acids is 1. The molecule has 1 aromatic carbocycles. The highest BCUT2D eigenvalue weighted by molar-refractivity contribution is 6.08. The van der Waals surface area contributed by atoms with Gasteiger partial charge in [-0.1, -0.05) is 0 Å². The Morgan fingerprint density at radius 1 is 1.18 bits per heavy atom. The van der Waals surface area contributed by atoms with Crippen molar-refractivity contribution >= 4 is 11.8 Å². The van der Waals surface area contributed by atoms with Crippen molar-refractivity contribution < 1.29 is 34.4 Å². The molecule has 3 aliphatic rings. The molecule has 1 aliphatic heterocycles. The smallest absolute Gasteiger partial charge is 0.335 e. The standard InChI is InChI=1S/C21H26O7/c22-14-5-3-12(2-1-9-27-11-14)18-19(23)21(18,26)16-10-13(20(24)25)4-8-17(16)28-15-6-7-15/h4,8,10,12,14-15,18,22,26H,1-3,5-7,9,11H2,(H,24,25). The maximum absolute atomic E-state index is 12.8. The summed E-state index contributed by atoms with van der Waals surface area (Å²) in [6.07, 6.45) is 3.88. The summed E-state index contributed by atoms with van der Waals surface area (Å²) in [6, 6.07) is 4.34. The number of ketones is 1. The van der Waals surface area contributed by atoms with Crippen LogP contribution in [-0.4, -0.2) is 52.5 Å². The van der Waals surface area contributed by atoms with Crippen LogP contribution in [0, 0.1) is 11.8 Å². The van der Waals surface area contributed by atoms with Crippen LogP contribution in [0.25, 0.3) is 0 Å². The molecule has 4 atom stereocenters. The second-order valence-electron chi connectivity index (χ2n) is 8.15. The van der Waals surface area contributed by atoms with E-state index in [1.54, 1.807) is 6.07 Å². The summed E-state index contributed by atoms with van der Waals surface area (Å²) in [7, 11) is 0. The van der Waals surface area contributed by atoms with E-state index < -0.39 is 23.6 Å². The molecule has 4 rings (SSSR count). The van der Waals surface area contributed by atoms with E-state index >= 15 is 0 Å². The Morgan fingerprint density at radius 2 is 1.96 bits per heavy atom. The van der Waals surface area contributed by atoms with E-state index in [9.17, 15) is 24.9 Å². The van der Waals surface area contributed by atoms with Crippen molar-refractivity contribution in [3.8, 4) is 5.75 Å². The fourth-order valence-corrected chi connectivity index (χ4v) is 4.23. The van der Waals surface area contributed by atoms with Gasteiger partial charge in [0.05, 0.1) is 30.3 Å². The lowest BCUT2D eigenvalue weighted by atomic mass is 9.88. The molecule has 7 nitrogen and oxygen atoms in total. The molecule has 1 saturated heterocycles. The van der Waals surface area contributed by atoms with Crippen molar-refractivity contribution in [1.82, 2.24) is 0 Å². The molecule has 2 saturated carbocycles. The van der Waals surface area contributed by atoms with Crippen LogP contribution >= 0.6 is 0 Å². The molecular weight excluding hydrogens is 364 g/mol. The van der Waals surface area contributed by atoms with Gasteiger partial charge in [0.15, 0.2) is 11.4 Å². The summed E-state index contributed by atoms with van der Waals surface area (Å²) < 4.78 is 11.3. The summed E-state index contributed by atoms with van der Waals surface area (Å²) in [5, 5.41) is 30.6. The third-order valence-electron chi connectivity index (χ3n) is 6.00. The molecule has 1 heterocycles. The Kier molecular flexibility index (Phi) is 5.16. The Balaban J connectivity index is 1.62. The van der Waals surface area contributed by atoms with Gasteiger partial charge in [-0.25, -0.2) is 4.79 Å². The number of carboxylic acids is 1. The molecule has 0 bridgehead atoms. The maximum atomic E-state index is 12.8. The van der Waals surface area contributed by atoms with Gasteiger partial charge in [-0.2, -0.15) is 0 Å². The second kappa shape index (κ2) is 7.46. The van der Waals surface area contributed by atoms with Gasteiger partial charge in [0.1, 0.15) is 5.75 Å². The lowest BCUT2D eigenvalue weighted by Gasteiger charge is -2.20. The van der Waals surface area contributed by atoms with Crippen LogP contribution in [0.1, 0.15) is 54.4 Å². The molecule has 4 unspecified atom stereocenters. The van der Waals surface area contributed by atoms with Crippen molar-refractivity contribution in [2.45, 2.75) is 56.3 Å². The predicted molar refractivity (Wildman–Crippen MR) is 98.2 cm³/mol. The first-order valence-corrected chi connectivity index (χ1v) is 9.98. The molecular formula is C21H26O7. The van der Waals surface area contributed by atoms with Gasteiger partial charge < -0.3 is 24.8 Å². The van der Waals surface area contributed by atoms with Gasteiger partial charge in [-0.15, -0.1) is 0 Å². The van der Waals surface area contributed by atoms with Gasteiger partial charge in [0, 0.05) is 12.2 Å². The van der Waals surface area contributed by atoms with Crippen LogP contribution in [-0.2, 0) is 15.1 Å². The molecule has 2 aliphatic carbocycles. The largest absolute Gasteiger partial charge is 0.490 e. The molecule has 0 radical (unpaired) electrons. The van der Waals surface area contributed by atoms with Crippen molar-refractivity contribution in [2.75, 3.05) is 13.2 Å². The van der Waals surface area contributed by atoms with Gasteiger partial charge >= 0.3 is 5.97 Å². The van der Waals surface area contributed by atoms with Crippen LogP contribution in [0.4, 0.5) is 0 Å². The second-order valence-corrected chi connectivity index (χ2v) is 8.15. The zero-order valence-corrected chi connectivity index (χ0v) is 15.7. The molecule has 152 valence electrons. The lowest BCUT2D eigenvalue weighted by molar-refractivity contribution is -0.116. The highest BCUT2D eigenvalue weighted by Gasteiger charge is 2.68. The van der Waals surface area contributed by atoms with Crippen LogP contribution in [0.2, 0.25) is 0 Å². The molecule has 3 N–H and O–H groups in total. The summed E-state index contributed by atoms with van der Waals surface area (Å²) in [4.78, 5) is 24.2. The minimum atomic E-state index is -1.72. The SMILES string of the molecule is O=C(O)c1ccc(OC2CC2)c(C2(O)C(=O)C2C2CCCOCC(O)CC2)c1. The number of aliphatic hydroxyl groups is 2. The first-order valence-electron chi connectivity index (χ1n) is 9.98. The monoisotopic (exact) mass is 390 g/mol. The zero-order valence-electron chi connectivity index (χ0n) is 15.7. The number of hydrogen-bond donors (Lipinski definition) is 3. The number of rotatable bonds is 5. The number of carbonyl (C=O) groups excluding carboxylic acids is 1. The van der Waals surface area contributed by atoms with E-state index in [2.05, 4.69) is 0 Å². The number of hydrogen-bond acceptors (Lipinski definition) is 6. The molecule has 0 spiro atoms. The van der Waals surface area contributed by atoms with Crippen molar-refractivity contribution in [1.29, 1.82) is 0 Å². The average Bonchev–Trinajstić information content (AvgIpc) is 3.56. The topological polar surface area (TPSA) is 113 Å². The fraction of sp³-hybridized carbons (Fsp3) is 0.619. The molecule has 3 fully saturated rings. The first-order chi connectivity index (χ1) is 13.4. The number of ether oxygens (including phenoxy) is 2. The molecule has 7 heteroatoms. The number of aliphatic hydroxyl groups excluding tert-OH is 1. The molecule has 0 aromatic heterocycles. The van der Waals surface area contributed by atoms with Gasteiger partial charge in [-0.05, 0) is 62.6 Å². The Hall–Kier alpha value is -1.96. The summed E-state index contributed by atoms with van der Waals surface area (Å²) >= 11 is 0. The van der Waals surface area contributed by atoms with Crippen LogP contribution in [0.5, 0.6) is 5.75 Å². The lowest BCUT2D eigenvalue weighted by Crippen LogP contribution is -2.19. The van der Waals surface area contributed by atoms with Gasteiger partial charge in [-0.3, -0.25) is 4.79 Å². The predicted octanol–water partition coefficient (Wildman–Crippen LogP) is 1.88. The van der Waals surface area contributed by atoms with Crippen LogP contribution in [0.3, 0.4) is 0 Å². The van der Waals surface area contributed by atoms with Gasteiger partial charge in [0.25, 0.3) is 0 Å². The minimum absolute atomic E-state index is 0.0170. The Morgan fingerprint density at radius 3 is 2.68 bits per heavy atom. The highest BCUT2D eigenvalue weighted by Crippen LogP contribution is 2.56. The van der Waals surface area contributed by atoms with E-state index in [1.165, 1.54) is 12.1 Å². The maximum Gasteiger partial charge on any atom is 0.335 e. The highest BCUT2D eigenvalue weighted by atomic mass is 16.5. The summed E-state index contributed by atoms with van der Waals surface area (Å²) in [6.45, 7) is 0.799. The zero-order chi connectivity index (χ0) is 19.9. The van der Waals surface area contributed by atoms with Crippen molar-refractivity contribution in [3.63, 3.8) is 0 Å². The number of benzene rings is 1. The number of carboxylic acid groups (broad SMARTS) is 1. The fourth-order valence-electron chi connectivity index (χ4n) is 4.23. The van der Waals surface area contributed by atoms with Crippen molar-refractivity contribution in [2.24, 2.45) is 11.8 Å².